The van der Waals surface area contributed by atoms with Crippen LogP contribution in [-0.2, 0) is 4.79 Å². The second-order valence-corrected chi connectivity index (χ2v) is 5.56. The highest BCUT2D eigenvalue weighted by Crippen LogP contribution is 2.30. The molecule has 1 aromatic heterocycles. The summed E-state index contributed by atoms with van der Waals surface area (Å²) in [6.45, 7) is 0. The molecule has 0 spiro atoms. The minimum Gasteiger partial charge on any atom is -0.433 e. The van der Waals surface area contributed by atoms with E-state index in [1.165, 1.54) is 18.3 Å². The number of H-pyrrole nitrogens is 1. The predicted molar refractivity (Wildman–Crippen MR) is 88.1 cm³/mol. The molecule has 1 aliphatic carbocycles. The summed E-state index contributed by atoms with van der Waals surface area (Å²) in [6.07, 6.45) is 5.76. The molecule has 0 aliphatic heterocycles. The summed E-state index contributed by atoms with van der Waals surface area (Å²) in [6, 6.07) is 1.80. The first kappa shape index (κ1) is 16.6. The zero-order valence-electron chi connectivity index (χ0n) is 13.0. The molecule has 1 aromatic carbocycles. The quantitative estimate of drug-likeness (QED) is 0.378. The third-order valence-electron chi connectivity index (χ3n) is 3.43. The lowest BCUT2D eigenvalue weighted by Gasteiger charge is -2.06. The number of halogens is 2. The number of aromatic amines is 1. The Morgan fingerprint density at radius 1 is 1.40 bits per heavy atom. The molecule has 1 amide bonds. The van der Waals surface area contributed by atoms with Crippen LogP contribution < -0.4 is 15.8 Å². The maximum Gasteiger partial charge on any atom is 0.228 e. The molecule has 1 heterocycles. The number of rotatable bonds is 5. The van der Waals surface area contributed by atoms with E-state index in [4.69, 9.17) is 15.9 Å². The highest BCUT2D eigenvalue weighted by atomic mass is 19.1. The zero-order valence-corrected chi connectivity index (χ0v) is 13.0. The fourth-order valence-electron chi connectivity index (χ4n) is 2.04. The Labute approximate surface area is 141 Å². The van der Waals surface area contributed by atoms with Crippen molar-refractivity contribution in [2.24, 2.45) is 5.92 Å². The third-order valence-corrected chi connectivity index (χ3v) is 3.43. The summed E-state index contributed by atoms with van der Waals surface area (Å²) in [5.74, 6) is -2.43. The third kappa shape index (κ3) is 4.19. The van der Waals surface area contributed by atoms with E-state index in [9.17, 15) is 13.6 Å². The van der Waals surface area contributed by atoms with Crippen LogP contribution in [0.5, 0.6) is 5.75 Å². The molecule has 0 bridgehead atoms. The molecule has 9 heteroatoms. The molecule has 7 nitrogen and oxygen atoms in total. The van der Waals surface area contributed by atoms with E-state index < -0.39 is 23.3 Å². The molecule has 1 aliphatic rings. The number of anilines is 2. The van der Waals surface area contributed by atoms with Crippen molar-refractivity contribution in [1.29, 1.82) is 5.41 Å². The van der Waals surface area contributed by atoms with Gasteiger partial charge in [-0.25, -0.2) is 13.8 Å². The number of carbonyl (C=O) groups excluding carboxylic acids is 1. The van der Waals surface area contributed by atoms with E-state index in [-0.39, 0.29) is 17.5 Å². The molecular weight excluding hydrogens is 332 g/mol. The Kier molecular flexibility index (Phi) is 4.46. The normalized spacial score (nSPS) is 13.8. The van der Waals surface area contributed by atoms with Crippen molar-refractivity contribution in [3.63, 3.8) is 0 Å². The monoisotopic (exact) mass is 347 g/mol. The van der Waals surface area contributed by atoms with E-state index in [1.807, 2.05) is 0 Å². The van der Waals surface area contributed by atoms with Crippen molar-refractivity contribution in [3.8, 4) is 5.75 Å². The molecule has 1 fully saturated rings. The Balaban J connectivity index is 1.61. The summed E-state index contributed by atoms with van der Waals surface area (Å²) in [4.78, 5) is 18.5. The highest BCUT2D eigenvalue weighted by Gasteiger charge is 2.29. The Morgan fingerprint density at radius 3 is 2.72 bits per heavy atom. The fraction of sp³-hybridized carbons (Fsp3) is 0.188. The van der Waals surface area contributed by atoms with Crippen molar-refractivity contribution in [1.82, 2.24) is 9.97 Å². The standard InChI is InChI=1S/C16H15F2N5O2/c17-10-5-9(19)6-11(18)15(10)25-12(20)3-4-13-21-7-14(22-13)23-16(24)8-1-2-8/h3-8,20H,1-2,19H2,(H,21,22)(H,23,24)/b4-3-,20-12?. The van der Waals surface area contributed by atoms with E-state index in [0.717, 1.165) is 25.0 Å². The summed E-state index contributed by atoms with van der Waals surface area (Å²) in [5.41, 5.74) is 5.22. The lowest BCUT2D eigenvalue weighted by molar-refractivity contribution is -0.117. The Bertz CT molecular complexity index is 835. The lowest BCUT2D eigenvalue weighted by atomic mass is 10.3. The van der Waals surface area contributed by atoms with Gasteiger partial charge < -0.3 is 20.8 Å². The first-order chi connectivity index (χ1) is 11.9. The van der Waals surface area contributed by atoms with Crippen molar-refractivity contribution in [2.75, 3.05) is 11.1 Å². The SMILES string of the molecule is N=C(/C=C\c1ncc(NC(=O)C2CC2)[nH]1)Oc1c(F)cc(N)cc1F. The minimum absolute atomic E-state index is 0.0635. The number of aromatic nitrogens is 2. The van der Waals surface area contributed by atoms with Gasteiger partial charge in [0.25, 0.3) is 0 Å². The van der Waals surface area contributed by atoms with Crippen molar-refractivity contribution in [2.45, 2.75) is 12.8 Å². The molecule has 0 saturated heterocycles. The first-order valence-corrected chi connectivity index (χ1v) is 7.47. The predicted octanol–water partition coefficient (Wildman–Crippen LogP) is 2.69. The van der Waals surface area contributed by atoms with E-state index >= 15 is 0 Å². The van der Waals surface area contributed by atoms with Gasteiger partial charge in [-0.2, -0.15) is 0 Å². The first-order valence-electron chi connectivity index (χ1n) is 7.47. The molecule has 130 valence electrons. The topological polar surface area (TPSA) is 117 Å². The van der Waals surface area contributed by atoms with Crippen molar-refractivity contribution < 1.29 is 18.3 Å². The van der Waals surface area contributed by atoms with Crippen LogP contribution in [-0.4, -0.2) is 21.8 Å². The molecule has 5 N–H and O–H groups in total. The van der Waals surface area contributed by atoms with Gasteiger partial charge in [-0.3, -0.25) is 10.2 Å². The Hall–Kier alpha value is -3.23. The number of hydrogen-bond donors (Lipinski definition) is 4. The number of nitrogens with one attached hydrogen (secondary N) is 3. The van der Waals surface area contributed by atoms with Crippen LogP contribution in [0.25, 0.3) is 6.08 Å². The van der Waals surface area contributed by atoms with Gasteiger partial charge in [-0.1, -0.05) is 0 Å². The van der Waals surface area contributed by atoms with Crippen LogP contribution in [0.1, 0.15) is 18.7 Å². The number of imidazole rings is 1. The van der Waals surface area contributed by atoms with Crippen molar-refractivity contribution in [3.05, 3.63) is 41.9 Å². The number of benzene rings is 1. The Morgan fingerprint density at radius 2 is 2.08 bits per heavy atom. The molecule has 2 aromatic rings. The van der Waals surface area contributed by atoms with Crippen LogP contribution in [0.3, 0.4) is 0 Å². The van der Waals surface area contributed by atoms with Gasteiger partial charge in [-0.05, 0) is 18.9 Å². The smallest absolute Gasteiger partial charge is 0.228 e. The summed E-state index contributed by atoms with van der Waals surface area (Å²) in [7, 11) is 0. The zero-order chi connectivity index (χ0) is 18.0. The molecule has 0 unspecified atom stereocenters. The van der Waals surface area contributed by atoms with E-state index in [0.29, 0.717) is 11.6 Å². The number of hydrogen-bond acceptors (Lipinski definition) is 5. The molecule has 25 heavy (non-hydrogen) atoms. The average Bonchev–Trinajstić information content (AvgIpc) is 3.30. The molecule has 0 atom stereocenters. The van der Waals surface area contributed by atoms with Crippen LogP contribution >= 0.6 is 0 Å². The summed E-state index contributed by atoms with van der Waals surface area (Å²) in [5, 5.41) is 10.3. The van der Waals surface area contributed by atoms with Crippen LogP contribution in [0.15, 0.2) is 24.4 Å². The number of nitrogens with two attached hydrogens (primary N) is 1. The number of nitrogen functional groups attached to an aromatic ring is 1. The average molecular weight is 347 g/mol. The fourth-order valence-corrected chi connectivity index (χ4v) is 2.04. The van der Waals surface area contributed by atoms with Gasteiger partial charge in [-0.15, -0.1) is 0 Å². The molecule has 0 radical (unpaired) electrons. The van der Waals surface area contributed by atoms with Gasteiger partial charge in [0.2, 0.25) is 17.6 Å². The maximum atomic E-state index is 13.6. The molecular formula is C16H15F2N5O2. The van der Waals surface area contributed by atoms with Gasteiger partial charge in [0.05, 0.1) is 6.20 Å². The minimum atomic E-state index is -1.00. The maximum absolute atomic E-state index is 13.6. The van der Waals surface area contributed by atoms with E-state index in [1.54, 1.807) is 0 Å². The summed E-state index contributed by atoms with van der Waals surface area (Å²) >= 11 is 0. The second-order valence-electron chi connectivity index (χ2n) is 5.56. The van der Waals surface area contributed by atoms with Crippen LogP contribution in [0.4, 0.5) is 20.3 Å². The van der Waals surface area contributed by atoms with Crippen molar-refractivity contribution >= 4 is 29.4 Å². The number of carbonyl (C=O) groups is 1. The highest BCUT2D eigenvalue weighted by molar-refractivity contribution is 5.93. The molecule has 3 rings (SSSR count). The lowest BCUT2D eigenvalue weighted by Crippen LogP contribution is -2.13. The molecule has 1 saturated carbocycles. The number of nitrogens with zero attached hydrogens (tertiary/aromatic N) is 1. The van der Waals surface area contributed by atoms with Gasteiger partial charge in [0.15, 0.2) is 11.6 Å². The van der Waals surface area contributed by atoms with Gasteiger partial charge in [0.1, 0.15) is 11.6 Å². The number of ether oxygens (including phenoxy) is 1. The second kappa shape index (κ2) is 6.71. The summed E-state index contributed by atoms with van der Waals surface area (Å²) < 4.78 is 32.1. The van der Waals surface area contributed by atoms with Gasteiger partial charge >= 0.3 is 0 Å². The van der Waals surface area contributed by atoms with Gasteiger partial charge in [0, 0.05) is 29.8 Å². The van der Waals surface area contributed by atoms with Crippen LogP contribution in [0.2, 0.25) is 0 Å². The van der Waals surface area contributed by atoms with E-state index in [2.05, 4.69) is 15.3 Å². The number of amides is 1. The van der Waals surface area contributed by atoms with Crippen LogP contribution in [0, 0.1) is 23.0 Å². The largest absolute Gasteiger partial charge is 0.433 e.